The zero-order valence-electron chi connectivity index (χ0n) is 12.9. The van der Waals surface area contributed by atoms with Crippen molar-refractivity contribution in [2.45, 2.75) is 70.8 Å². The molecular weight excluding hydrogens is 242 g/mol. The quantitative estimate of drug-likeness (QED) is 0.760. The minimum atomic E-state index is 0.717. The fourth-order valence-corrected chi connectivity index (χ4v) is 4.33. The summed E-state index contributed by atoms with van der Waals surface area (Å²) in [5.74, 6) is 1.91. The van der Waals surface area contributed by atoms with Crippen LogP contribution in [0.1, 0.15) is 63.4 Å². The molecule has 20 heavy (non-hydrogen) atoms. The van der Waals surface area contributed by atoms with Gasteiger partial charge >= 0.3 is 0 Å². The SMILES string of the molecule is Cc1ccc(NC2CCCCC2C2CCCCC2)cc1. The Morgan fingerprint density at radius 1 is 0.800 bits per heavy atom. The normalized spacial score (nSPS) is 28.2. The van der Waals surface area contributed by atoms with E-state index in [1.54, 1.807) is 0 Å². The highest BCUT2D eigenvalue weighted by Crippen LogP contribution is 2.39. The number of hydrogen-bond acceptors (Lipinski definition) is 1. The molecule has 2 aliphatic rings. The van der Waals surface area contributed by atoms with E-state index in [1.807, 2.05) is 0 Å². The van der Waals surface area contributed by atoms with E-state index in [0.717, 1.165) is 17.9 Å². The van der Waals surface area contributed by atoms with Crippen LogP contribution in [0, 0.1) is 18.8 Å². The lowest BCUT2D eigenvalue weighted by atomic mass is 9.71. The van der Waals surface area contributed by atoms with Gasteiger partial charge in [0.05, 0.1) is 0 Å². The Hall–Kier alpha value is -0.980. The molecule has 0 bridgehead atoms. The van der Waals surface area contributed by atoms with Gasteiger partial charge in [0.15, 0.2) is 0 Å². The second-order valence-corrected chi connectivity index (χ2v) is 6.96. The Morgan fingerprint density at radius 2 is 1.45 bits per heavy atom. The standard InChI is InChI=1S/C19H29N/c1-15-11-13-17(14-12-15)20-19-10-6-5-9-18(19)16-7-3-2-4-8-16/h11-14,16,18-20H,2-10H2,1H3. The first kappa shape index (κ1) is 14.0. The van der Waals surface area contributed by atoms with Crippen molar-refractivity contribution in [3.8, 4) is 0 Å². The van der Waals surface area contributed by atoms with Gasteiger partial charge in [-0.05, 0) is 43.7 Å². The second-order valence-electron chi connectivity index (χ2n) is 6.96. The molecule has 1 aromatic rings. The monoisotopic (exact) mass is 271 g/mol. The van der Waals surface area contributed by atoms with Gasteiger partial charge in [-0.25, -0.2) is 0 Å². The summed E-state index contributed by atoms with van der Waals surface area (Å²) in [6, 6.07) is 9.67. The molecule has 3 rings (SSSR count). The molecule has 0 aliphatic heterocycles. The Balaban J connectivity index is 1.66. The van der Waals surface area contributed by atoms with Crippen LogP contribution >= 0.6 is 0 Å². The summed E-state index contributed by atoms with van der Waals surface area (Å²) in [4.78, 5) is 0. The molecule has 2 saturated carbocycles. The van der Waals surface area contributed by atoms with Crippen LogP contribution in [0.2, 0.25) is 0 Å². The van der Waals surface area contributed by atoms with Crippen LogP contribution in [-0.4, -0.2) is 6.04 Å². The Morgan fingerprint density at radius 3 is 2.20 bits per heavy atom. The van der Waals surface area contributed by atoms with Crippen LogP contribution in [0.3, 0.4) is 0 Å². The predicted octanol–water partition coefficient (Wildman–Crippen LogP) is 5.55. The number of aryl methyl sites for hydroxylation is 1. The third-order valence-electron chi connectivity index (χ3n) is 5.48. The van der Waals surface area contributed by atoms with Crippen LogP contribution in [0.4, 0.5) is 5.69 Å². The molecule has 1 aromatic carbocycles. The number of benzene rings is 1. The van der Waals surface area contributed by atoms with Gasteiger partial charge in [0, 0.05) is 11.7 Å². The minimum absolute atomic E-state index is 0.717. The van der Waals surface area contributed by atoms with Gasteiger partial charge in [0.25, 0.3) is 0 Å². The van der Waals surface area contributed by atoms with E-state index in [1.165, 1.54) is 69.0 Å². The number of anilines is 1. The van der Waals surface area contributed by atoms with Crippen LogP contribution in [0.15, 0.2) is 24.3 Å². The first-order chi connectivity index (χ1) is 9.83. The van der Waals surface area contributed by atoms with E-state index < -0.39 is 0 Å². The van der Waals surface area contributed by atoms with Crippen LogP contribution in [0.25, 0.3) is 0 Å². The highest BCUT2D eigenvalue weighted by Gasteiger charge is 2.32. The Kier molecular flexibility index (Phi) is 4.65. The fourth-order valence-electron chi connectivity index (χ4n) is 4.33. The van der Waals surface area contributed by atoms with E-state index in [0.29, 0.717) is 0 Å². The molecule has 0 heterocycles. The number of hydrogen-bond donors (Lipinski definition) is 1. The lowest BCUT2D eigenvalue weighted by molar-refractivity contribution is 0.180. The predicted molar refractivity (Wildman–Crippen MR) is 87.1 cm³/mol. The zero-order valence-corrected chi connectivity index (χ0v) is 12.9. The largest absolute Gasteiger partial charge is 0.382 e. The van der Waals surface area contributed by atoms with Gasteiger partial charge < -0.3 is 5.32 Å². The lowest BCUT2D eigenvalue weighted by Crippen LogP contribution is -2.37. The van der Waals surface area contributed by atoms with Gasteiger partial charge in [0.2, 0.25) is 0 Å². The molecule has 0 spiro atoms. The van der Waals surface area contributed by atoms with E-state index in [4.69, 9.17) is 0 Å². The molecule has 2 unspecified atom stereocenters. The van der Waals surface area contributed by atoms with Crippen molar-refractivity contribution < 1.29 is 0 Å². The van der Waals surface area contributed by atoms with Crippen molar-refractivity contribution >= 4 is 5.69 Å². The van der Waals surface area contributed by atoms with Crippen molar-refractivity contribution in [3.63, 3.8) is 0 Å². The third kappa shape index (κ3) is 3.37. The summed E-state index contributed by atoms with van der Waals surface area (Å²) < 4.78 is 0. The van der Waals surface area contributed by atoms with Crippen LogP contribution in [-0.2, 0) is 0 Å². The van der Waals surface area contributed by atoms with E-state index in [2.05, 4.69) is 36.5 Å². The molecule has 2 fully saturated rings. The van der Waals surface area contributed by atoms with Gasteiger partial charge in [-0.3, -0.25) is 0 Å². The van der Waals surface area contributed by atoms with Gasteiger partial charge in [0.1, 0.15) is 0 Å². The maximum atomic E-state index is 3.86. The minimum Gasteiger partial charge on any atom is -0.382 e. The first-order valence-electron chi connectivity index (χ1n) is 8.66. The summed E-state index contributed by atoms with van der Waals surface area (Å²) in [7, 11) is 0. The molecule has 2 aliphatic carbocycles. The summed E-state index contributed by atoms with van der Waals surface area (Å²) in [6.07, 6.45) is 13.1. The van der Waals surface area contributed by atoms with Crippen molar-refractivity contribution in [2.24, 2.45) is 11.8 Å². The summed E-state index contributed by atoms with van der Waals surface area (Å²) in [6.45, 7) is 2.16. The third-order valence-corrected chi connectivity index (χ3v) is 5.48. The van der Waals surface area contributed by atoms with E-state index in [-0.39, 0.29) is 0 Å². The van der Waals surface area contributed by atoms with Crippen molar-refractivity contribution in [2.75, 3.05) is 5.32 Å². The molecule has 1 nitrogen and oxygen atoms in total. The molecule has 0 radical (unpaired) electrons. The van der Waals surface area contributed by atoms with E-state index in [9.17, 15) is 0 Å². The van der Waals surface area contributed by atoms with Gasteiger partial charge in [-0.1, -0.05) is 62.6 Å². The molecule has 0 aromatic heterocycles. The van der Waals surface area contributed by atoms with Crippen LogP contribution < -0.4 is 5.32 Å². The van der Waals surface area contributed by atoms with Crippen molar-refractivity contribution in [1.82, 2.24) is 0 Å². The molecule has 0 saturated heterocycles. The Labute approximate surface area is 124 Å². The topological polar surface area (TPSA) is 12.0 Å². The van der Waals surface area contributed by atoms with E-state index >= 15 is 0 Å². The van der Waals surface area contributed by atoms with Gasteiger partial charge in [-0.2, -0.15) is 0 Å². The Bertz CT molecular complexity index is 402. The van der Waals surface area contributed by atoms with Gasteiger partial charge in [-0.15, -0.1) is 0 Å². The highest BCUT2D eigenvalue weighted by atomic mass is 14.9. The molecule has 110 valence electrons. The molecule has 1 N–H and O–H groups in total. The summed E-state index contributed by atoms with van der Waals surface area (Å²) >= 11 is 0. The molecule has 1 heteroatoms. The van der Waals surface area contributed by atoms with Crippen molar-refractivity contribution in [1.29, 1.82) is 0 Å². The zero-order chi connectivity index (χ0) is 13.8. The smallest absolute Gasteiger partial charge is 0.0342 e. The lowest BCUT2D eigenvalue weighted by Gasteiger charge is -2.39. The number of rotatable bonds is 3. The highest BCUT2D eigenvalue weighted by molar-refractivity contribution is 5.45. The van der Waals surface area contributed by atoms with Crippen molar-refractivity contribution in [3.05, 3.63) is 29.8 Å². The maximum Gasteiger partial charge on any atom is 0.0342 e. The summed E-state index contributed by atoms with van der Waals surface area (Å²) in [5.41, 5.74) is 2.67. The fraction of sp³-hybridized carbons (Fsp3) is 0.684. The van der Waals surface area contributed by atoms with Crippen LogP contribution in [0.5, 0.6) is 0 Å². The molecular formula is C19H29N. The average Bonchev–Trinajstić information content (AvgIpc) is 2.51. The molecule has 0 amide bonds. The average molecular weight is 271 g/mol. The first-order valence-corrected chi connectivity index (χ1v) is 8.66. The summed E-state index contributed by atoms with van der Waals surface area (Å²) in [5, 5.41) is 3.86. The molecule has 2 atom stereocenters. The second kappa shape index (κ2) is 6.65. The number of nitrogens with one attached hydrogen (secondary N) is 1. The maximum absolute atomic E-state index is 3.86.